The van der Waals surface area contributed by atoms with E-state index in [1.54, 1.807) is 13.8 Å². The fourth-order valence-corrected chi connectivity index (χ4v) is 2.97. The molecule has 4 N–H and O–H groups in total. The van der Waals surface area contributed by atoms with E-state index >= 15 is 0 Å². The molecule has 3 unspecified atom stereocenters. The number of urea groups is 1. The molecule has 1 fully saturated rings. The molecule has 0 aliphatic carbocycles. The molecule has 0 aromatic carbocycles. The first kappa shape index (κ1) is 22.3. The molecule has 0 spiro atoms. The molecule has 0 radical (unpaired) electrons. The summed E-state index contributed by atoms with van der Waals surface area (Å²) in [5, 5.41) is 14.2. The minimum atomic E-state index is -1.34. The molecule has 3 atom stereocenters. The zero-order valence-corrected chi connectivity index (χ0v) is 15.8. The van der Waals surface area contributed by atoms with Gasteiger partial charge < -0.3 is 25.1 Å². The van der Waals surface area contributed by atoms with Crippen LogP contribution in [-0.2, 0) is 19.0 Å². The van der Waals surface area contributed by atoms with Crippen molar-refractivity contribution in [3.05, 3.63) is 0 Å². The Hall–Kier alpha value is -1.71. The van der Waals surface area contributed by atoms with Crippen LogP contribution in [0, 0.1) is 5.41 Å². The summed E-state index contributed by atoms with van der Waals surface area (Å²) in [6.45, 7) is 6.51. The van der Waals surface area contributed by atoms with Gasteiger partial charge in [-0.05, 0) is 26.7 Å². The van der Waals surface area contributed by atoms with Crippen molar-refractivity contribution in [1.29, 1.82) is 0 Å². The van der Waals surface area contributed by atoms with Crippen LogP contribution in [0.5, 0.6) is 0 Å². The van der Waals surface area contributed by atoms with E-state index in [-0.39, 0.29) is 26.1 Å². The molecule has 9 heteroatoms. The fourth-order valence-electron chi connectivity index (χ4n) is 2.97. The van der Waals surface area contributed by atoms with Gasteiger partial charge in [0.05, 0.1) is 19.3 Å². The molecule has 1 rings (SSSR count). The van der Waals surface area contributed by atoms with Gasteiger partial charge in [0.2, 0.25) is 0 Å². The van der Waals surface area contributed by atoms with E-state index in [0.29, 0.717) is 12.3 Å². The van der Waals surface area contributed by atoms with Crippen LogP contribution in [0.4, 0.5) is 4.79 Å². The molecule has 0 saturated carbocycles. The minimum absolute atomic E-state index is 0.0691. The largest absolute Gasteiger partial charge is 0.465 e. The van der Waals surface area contributed by atoms with Gasteiger partial charge in [-0.2, -0.15) is 5.10 Å². The van der Waals surface area contributed by atoms with Gasteiger partial charge in [-0.15, -0.1) is 0 Å². The number of carbonyl (C=O) groups excluding carboxylic acids is 2. The highest BCUT2D eigenvalue weighted by molar-refractivity contribution is 5.90. The number of unbranched alkanes of at least 4 members (excludes halogenated alkanes) is 2. The second-order valence-corrected chi connectivity index (χ2v) is 6.47. The van der Waals surface area contributed by atoms with Crippen molar-refractivity contribution in [2.75, 3.05) is 19.8 Å². The van der Waals surface area contributed by atoms with Crippen LogP contribution in [0.2, 0.25) is 0 Å². The zero-order valence-electron chi connectivity index (χ0n) is 15.8. The molecule has 1 aliphatic rings. The van der Waals surface area contributed by atoms with Crippen LogP contribution in [0.25, 0.3) is 0 Å². The van der Waals surface area contributed by atoms with Crippen LogP contribution in [-0.4, -0.2) is 55.0 Å². The molecule has 0 bridgehead atoms. The Balaban J connectivity index is 2.77. The first-order valence-corrected chi connectivity index (χ1v) is 9.02. The van der Waals surface area contributed by atoms with Gasteiger partial charge in [0.15, 0.2) is 6.29 Å². The highest BCUT2D eigenvalue weighted by Crippen LogP contribution is 2.42. The van der Waals surface area contributed by atoms with Gasteiger partial charge in [-0.1, -0.05) is 19.8 Å². The highest BCUT2D eigenvalue weighted by Gasteiger charge is 2.55. The summed E-state index contributed by atoms with van der Waals surface area (Å²) < 4.78 is 16.3. The van der Waals surface area contributed by atoms with E-state index in [9.17, 15) is 14.7 Å². The maximum absolute atomic E-state index is 12.5. The summed E-state index contributed by atoms with van der Waals surface area (Å²) in [6.07, 6.45) is 1.69. The van der Waals surface area contributed by atoms with Crippen LogP contribution >= 0.6 is 0 Å². The summed E-state index contributed by atoms with van der Waals surface area (Å²) in [4.78, 5) is 23.3. The Morgan fingerprint density at radius 2 is 2.12 bits per heavy atom. The number of aliphatic hydroxyl groups is 1. The van der Waals surface area contributed by atoms with Crippen molar-refractivity contribution in [2.24, 2.45) is 16.3 Å². The number of esters is 1. The topological polar surface area (TPSA) is 132 Å². The SMILES string of the molecule is CCCCCOCC1CC(C/C(C)=N/NC(N)=O)(C(=O)OCC)C(O)O1. The van der Waals surface area contributed by atoms with E-state index in [4.69, 9.17) is 19.9 Å². The summed E-state index contributed by atoms with van der Waals surface area (Å²) >= 11 is 0. The van der Waals surface area contributed by atoms with Crippen LogP contribution in [0.1, 0.15) is 52.9 Å². The van der Waals surface area contributed by atoms with Gasteiger partial charge in [0.1, 0.15) is 5.41 Å². The molecule has 1 saturated heterocycles. The van der Waals surface area contributed by atoms with Crippen LogP contribution in [0.15, 0.2) is 5.10 Å². The second kappa shape index (κ2) is 11.1. The maximum Gasteiger partial charge on any atom is 0.332 e. The lowest BCUT2D eigenvalue weighted by Crippen LogP contribution is -2.42. The lowest BCUT2D eigenvalue weighted by molar-refractivity contribution is -0.180. The first-order valence-electron chi connectivity index (χ1n) is 9.02. The van der Waals surface area contributed by atoms with Crippen LogP contribution < -0.4 is 11.2 Å². The van der Waals surface area contributed by atoms with E-state index in [1.165, 1.54) is 0 Å². The Kier molecular flexibility index (Phi) is 9.53. The number of carbonyl (C=O) groups is 2. The summed E-state index contributed by atoms with van der Waals surface area (Å²) in [7, 11) is 0. The van der Waals surface area contributed by atoms with Crippen molar-refractivity contribution < 1.29 is 28.9 Å². The Morgan fingerprint density at radius 3 is 2.73 bits per heavy atom. The quantitative estimate of drug-likeness (QED) is 0.216. The number of hydrogen-bond donors (Lipinski definition) is 3. The summed E-state index contributed by atoms with van der Waals surface area (Å²) in [5.41, 5.74) is 6.23. The third kappa shape index (κ3) is 6.54. The maximum atomic E-state index is 12.5. The molecule has 9 nitrogen and oxygen atoms in total. The number of nitrogens with two attached hydrogens (primary N) is 1. The smallest absolute Gasteiger partial charge is 0.332 e. The Labute approximate surface area is 154 Å². The zero-order chi connectivity index (χ0) is 19.6. The van der Waals surface area contributed by atoms with Crippen molar-refractivity contribution in [2.45, 2.75) is 65.3 Å². The summed E-state index contributed by atoms with van der Waals surface area (Å²) in [5.74, 6) is -0.561. The molecule has 1 aliphatic heterocycles. The first-order chi connectivity index (χ1) is 12.4. The van der Waals surface area contributed by atoms with Crippen LogP contribution in [0.3, 0.4) is 0 Å². The number of hydrogen-bond acceptors (Lipinski definition) is 7. The molecular formula is C17H31N3O6. The van der Waals surface area contributed by atoms with Crippen molar-refractivity contribution >= 4 is 17.7 Å². The molecular weight excluding hydrogens is 342 g/mol. The van der Waals surface area contributed by atoms with Crippen molar-refractivity contribution in [3.63, 3.8) is 0 Å². The predicted molar refractivity (Wildman–Crippen MR) is 95.4 cm³/mol. The number of primary amides is 1. The molecule has 0 aromatic rings. The van der Waals surface area contributed by atoms with Crippen molar-refractivity contribution in [1.82, 2.24) is 5.43 Å². The standard InChI is InChI=1S/C17H31N3O6/c1-4-6-7-8-24-11-13-10-17(15(22)26-13,14(21)25-5-2)9-12(3)19-20-16(18)23/h13,15,22H,4-11H2,1-3H3,(H3,18,20,23)/b19-12+. The number of aliphatic hydroxyl groups excluding tert-OH is 1. The summed E-state index contributed by atoms with van der Waals surface area (Å²) in [6, 6.07) is -0.809. The molecule has 150 valence electrons. The number of nitrogens with one attached hydrogen (secondary N) is 1. The minimum Gasteiger partial charge on any atom is -0.465 e. The van der Waals surface area contributed by atoms with Crippen molar-refractivity contribution in [3.8, 4) is 0 Å². The lowest BCUT2D eigenvalue weighted by Gasteiger charge is -2.28. The number of amides is 2. The molecule has 0 aromatic heterocycles. The normalized spacial score (nSPS) is 25.9. The molecule has 2 amide bonds. The predicted octanol–water partition coefficient (Wildman–Crippen LogP) is 1.28. The number of ether oxygens (including phenoxy) is 3. The van der Waals surface area contributed by atoms with E-state index in [0.717, 1.165) is 19.3 Å². The average Bonchev–Trinajstić information content (AvgIpc) is 2.89. The highest BCUT2D eigenvalue weighted by atomic mass is 16.6. The monoisotopic (exact) mass is 373 g/mol. The van der Waals surface area contributed by atoms with Gasteiger partial charge in [-0.3, -0.25) is 4.79 Å². The van der Waals surface area contributed by atoms with E-state index in [1.807, 2.05) is 0 Å². The third-order valence-corrected chi connectivity index (χ3v) is 4.19. The van der Waals surface area contributed by atoms with Gasteiger partial charge >= 0.3 is 12.0 Å². The fraction of sp³-hybridized carbons (Fsp3) is 0.824. The molecule has 26 heavy (non-hydrogen) atoms. The average molecular weight is 373 g/mol. The molecule has 1 heterocycles. The van der Waals surface area contributed by atoms with Gasteiger partial charge in [0, 0.05) is 18.7 Å². The van der Waals surface area contributed by atoms with E-state index < -0.39 is 29.8 Å². The second-order valence-electron chi connectivity index (χ2n) is 6.47. The van der Waals surface area contributed by atoms with Gasteiger partial charge in [-0.25, -0.2) is 10.2 Å². The van der Waals surface area contributed by atoms with Gasteiger partial charge in [0.25, 0.3) is 0 Å². The number of rotatable bonds is 11. The Bertz CT molecular complexity index is 499. The third-order valence-electron chi connectivity index (χ3n) is 4.19. The number of hydrazone groups is 1. The lowest BCUT2D eigenvalue weighted by atomic mass is 9.79. The number of nitrogens with zero attached hydrogens (tertiary/aromatic N) is 1. The Morgan fingerprint density at radius 1 is 1.38 bits per heavy atom. The van der Waals surface area contributed by atoms with E-state index in [2.05, 4.69) is 17.5 Å².